The third-order valence-corrected chi connectivity index (χ3v) is 5.00. The van der Waals surface area contributed by atoms with Crippen LogP contribution >= 0.6 is 15.9 Å². The minimum Gasteiger partial charge on any atom is -0.493 e. The van der Waals surface area contributed by atoms with Crippen LogP contribution in [0.3, 0.4) is 0 Å². The fourth-order valence-corrected chi connectivity index (χ4v) is 3.80. The molecule has 144 valence electrons. The van der Waals surface area contributed by atoms with Gasteiger partial charge in [-0.05, 0) is 47.5 Å². The molecule has 1 aliphatic heterocycles. The second-order valence-electron chi connectivity index (χ2n) is 6.73. The molecule has 2 aromatic rings. The first-order valence-corrected chi connectivity index (χ1v) is 9.76. The first-order valence-electron chi connectivity index (χ1n) is 8.97. The van der Waals surface area contributed by atoms with Gasteiger partial charge < -0.3 is 19.1 Å². The molecule has 0 bridgehead atoms. The molecule has 0 aliphatic carbocycles. The number of rotatable bonds is 5. The SMILES string of the molecule is COc1cc(C(=O)N2C[C@H](C)O[C@@H](C)C2)cc(Br)c1OCc1ccccc1. The van der Waals surface area contributed by atoms with Crippen molar-refractivity contribution in [3.8, 4) is 11.5 Å². The Morgan fingerprint density at radius 1 is 1.19 bits per heavy atom. The van der Waals surface area contributed by atoms with Gasteiger partial charge in [-0.25, -0.2) is 0 Å². The highest BCUT2D eigenvalue weighted by Crippen LogP contribution is 2.37. The van der Waals surface area contributed by atoms with Gasteiger partial charge in [-0.1, -0.05) is 30.3 Å². The molecular weight excluding hydrogens is 410 g/mol. The largest absolute Gasteiger partial charge is 0.493 e. The van der Waals surface area contributed by atoms with E-state index >= 15 is 0 Å². The third-order valence-electron chi connectivity index (χ3n) is 4.41. The zero-order chi connectivity index (χ0) is 19.4. The zero-order valence-electron chi connectivity index (χ0n) is 15.8. The van der Waals surface area contributed by atoms with Crippen molar-refractivity contribution >= 4 is 21.8 Å². The van der Waals surface area contributed by atoms with Gasteiger partial charge >= 0.3 is 0 Å². The topological polar surface area (TPSA) is 48.0 Å². The summed E-state index contributed by atoms with van der Waals surface area (Å²) >= 11 is 3.53. The number of halogens is 1. The average Bonchev–Trinajstić information content (AvgIpc) is 2.66. The third kappa shape index (κ3) is 4.82. The van der Waals surface area contributed by atoms with E-state index in [0.717, 1.165) is 5.56 Å². The molecule has 0 N–H and O–H groups in total. The summed E-state index contributed by atoms with van der Waals surface area (Å²) in [6.07, 6.45) is 0.0491. The van der Waals surface area contributed by atoms with Gasteiger partial charge in [0, 0.05) is 18.7 Å². The highest BCUT2D eigenvalue weighted by molar-refractivity contribution is 9.10. The molecule has 1 fully saturated rings. The van der Waals surface area contributed by atoms with Gasteiger partial charge in [-0.2, -0.15) is 0 Å². The number of nitrogens with zero attached hydrogens (tertiary/aromatic N) is 1. The maximum atomic E-state index is 13.0. The summed E-state index contributed by atoms with van der Waals surface area (Å²) in [5.74, 6) is 1.07. The number of hydrogen-bond acceptors (Lipinski definition) is 4. The second-order valence-corrected chi connectivity index (χ2v) is 7.59. The van der Waals surface area contributed by atoms with Crippen molar-refractivity contribution in [3.63, 3.8) is 0 Å². The lowest BCUT2D eigenvalue weighted by Gasteiger charge is -2.35. The Morgan fingerprint density at radius 2 is 1.85 bits per heavy atom. The molecule has 1 aliphatic rings. The summed E-state index contributed by atoms with van der Waals surface area (Å²) in [7, 11) is 1.57. The van der Waals surface area contributed by atoms with Crippen molar-refractivity contribution in [3.05, 3.63) is 58.1 Å². The maximum absolute atomic E-state index is 13.0. The number of carbonyl (C=O) groups excluding carboxylic acids is 1. The number of hydrogen-bond donors (Lipinski definition) is 0. The van der Waals surface area contributed by atoms with Crippen molar-refractivity contribution in [1.29, 1.82) is 0 Å². The van der Waals surface area contributed by atoms with Gasteiger partial charge in [0.15, 0.2) is 11.5 Å². The predicted molar refractivity (Wildman–Crippen MR) is 107 cm³/mol. The van der Waals surface area contributed by atoms with E-state index in [0.29, 0.717) is 41.2 Å². The van der Waals surface area contributed by atoms with Crippen LogP contribution in [-0.4, -0.2) is 43.2 Å². The van der Waals surface area contributed by atoms with Gasteiger partial charge in [0.25, 0.3) is 5.91 Å². The Hall–Kier alpha value is -2.05. The fourth-order valence-electron chi connectivity index (χ4n) is 3.24. The minimum absolute atomic E-state index is 0.0246. The van der Waals surface area contributed by atoms with Crippen molar-refractivity contribution in [2.24, 2.45) is 0 Å². The molecule has 0 aromatic heterocycles. The summed E-state index contributed by atoms with van der Waals surface area (Å²) in [4.78, 5) is 14.8. The smallest absolute Gasteiger partial charge is 0.254 e. The van der Waals surface area contributed by atoms with Gasteiger partial charge in [0.2, 0.25) is 0 Å². The minimum atomic E-state index is -0.0365. The standard InChI is InChI=1S/C21H24BrNO4/c1-14-11-23(12-15(2)27-14)21(24)17-9-18(22)20(19(10-17)25-3)26-13-16-7-5-4-6-8-16/h4-10,14-15H,11-13H2,1-3H3/t14-,15-/m0/s1. The lowest BCUT2D eigenvalue weighted by atomic mass is 10.1. The zero-order valence-corrected chi connectivity index (χ0v) is 17.4. The first-order chi connectivity index (χ1) is 13.0. The van der Waals surface area contributed by atoms with E-state index in [4.69, 9.17) is 14.2 Å². The van der Waals surface area contributed by atoms with Crippen LogP contribution in [0.25, 0.3) is 0 Å². The highest BCUT2D eigenvalue weighted by Gasteiger charge is 2.27. The van der Waals surface area contributed by atoms with Crippen molar-refractivity contribution in [1.82, 2.24) is 4.90 Å². The monoisotopic (exact) mass is 433 g/mol. The second kappa shape index (κ2) is 8.76. The lowest BCUT2D eigenvalue weighted by Crippen LogP contribution is -2.48. The predicted octanol–water partition coefficient (Wildman–Crippen LogP) is 4.29. The highest BCUT2D eigenvalue weighted by atomic mass is 79.9. The van der Waals surface area contributed by atoms with E-state index in [2.05, 4.69) is 15.9 Å². The molecule has 0 radical (unpaired) electrons. The number of methoxy groups -OCH3 is 1. The summed E-state index contributed by atoms with van der Waals surface area (Å²) in [6, 6.07) is 13.4. The number of amides is 1. The van der Waals surface area contributed by atoms with Crippen LogP contribution in [0.5, 0.6) is 11.5 Å². The van der Waals surface area contributed by atoms with E-state index < -0.39 is 0 Å². The van der Waals surface area contributed by atoms with Crippen LogP contribution in [-0.2, 0) is 11.3 Å². The van der Waals surface area contributed by atoms with Gasteiger partial charge in [0.1, 0.15) is 6.61 Å². The molecule has 5 nitrogen and oxygen atoms in total. The fraction of sp³-hybridized carbons (Fsp3) is 0.381. The molecule has 1 heterocycles. The molecule has 0 unspecified atom stereocenters. The molecular formula is C21H24BrNO4. The number of carbonyl (C=O) groups is 1. The molecule has 2 aromatic carbocycles. The van der Waals surface area contributed by atoms with Crippen LogP contribution in [0.4, 0.5) is 0 Å². The van der Waals surface area contributed by atoms with E-state index in [-0.39, 0.29) is 18.1 Å². The van der Waals surface area contributed by atoms with E-state index in [1.807, 2.05) is 49.1 Å². The van der Waals surface area contributed by atoms with Crippen molar-refractivity contribution in [2.75, 3.05) is 20.2 Å². The Labute approximate surface area is 168 Å². The summed E-state index contributed by atoms with van der Waals surface area (Å²) in [5, 5.41) is 0. The Morgan fingerprint density at radius 3 is 2.48 bits per heavy atom. The molecule has 6 heteroatoms. The number of benzene rings is 2. The quantitative estimate of drug-likeness (QED) is 0.705. The normalized spacial score (nSPS) is 19.6. The van der Waals surface area contributed by atoms with Crippen molar-refractivity contribution in [2.45, 2.75) is 32.7 Å². The van der Waals surface area contributed by atoms with E-state index in [9.17, 15) is 4.79 Å². The molecule has 3 rings (SSSR count). The van der Waals surface area contributed by atoms with Gasteiger partial charge in [0.05, 0.1) is 23.8 Å². The summed E-state index contributed by atoms with van der Waals surface area (Å²) in [6.45, 7) is 5.53. The Balaban J connectivity index is 1.80. The van der Waals surface area contributed by atoms with Crippen LogP contribution in [0.1, 0.15) is 29.8 Å². The van der Waals surface area contributed by atoms with Crippen LogP contribution in [0, 0.1) is 0 Å². The Kier molecular flexibility index (Phi) is 6.39. The molecule has 0 saturated carbocycles. The lowest BCUT2D eigenvalue weighted by molar-refractivity contribution is -0.0586. The molecule has 27 heavy (non-hydrogen) atoms. The number of morpholine rings is 1. The van der Waals surface area contributed by atoms with E-state index in [1.54, 1.807) is 19.2 Å². The Bertz CT molecular complexity index is 786. The number of ether oxygens (including phenoxy) is 3. The maximum Gasteiger partial charge on any atom is 0.254 e. The first kappa shape index (κ1) is 19.7. The molecule has 2 atom stereocenters. The van der Waals surface area contributed by atoms with Crippen LogP contribution in [0.15, 0.2) is 46.9 Å². The van der Waals surface area contributed by atoms with Crippen molar-refractivity contribution < 1.29 is 19.0 Å². The van der Waals surface area contributed by atoms with Crippen LogP contribution < -0.4 is 9.47 Å². The summed E-state index contributed by atoms with van der Waals surface area (Å²) < 4.78 is 17.8. The van der Waals surface area contributed by atoms with Gasteiger partial charge in [-0.15, -0.1) is 0 Å². The summed E-state index contributed by atoms with van der Waals surface area (Å²) in [5.41, 5.74) is 1.62. The van der Waals surface area contributed by atoms with Crippen LogP contribution in [0.2, 0.25) is 0 Å². The van der Waals surface area contributed by atoms with Gasteiger partial charge in [-0.3, -0.25) is 4.79 Å². The molecule has 1 amide bonds. The molecule has 1 saturated heterocycles. The molecule has 0 spiro atoms. The average molecular weight is 434 g/mol. The van der Waals surface area contributed by atoms with E-state index in [1.165, 1.54) is 0 Å².